The molecule has 0 bridgehead atoms. The predicted octanol–water partition coefficient (Wildman–Crippen LogP) is 15.0. The molecule has 0 spiro atoms. The fourth-order valence-electron chi connectivity index (χ4n) is 8.13. The van der Waals surface area contributed by atoms with Gasteiger partial charge in [-0.1, -0.05) is 140 Å². The van der Waals surface area contributed by atoms with Crippen molar-refractivity contribution >= 4 is 31.5 Å². The van der Waals surface area contributed by atoms with Gasteiger partial charge in [0.05, 0.1) is 22.8 Å². The van der Waals surface area contributed by atoms with Crippen LogP contribution in [0.5, 0.6) is 0 Å². The summed E-state index contributed by atoms with van der Waals surface area (Å²) in [5.74, 6) is 0. The Bertz CT molecular complexity index is 3150. The average Bonchev–Trinajstić information content (AvgIpc) is 3.74. The summed E-state index contributed by atoms with van der Waals surface area (Å²) in [5, 5.41) is 2.54. The fourth-order valence-corrected chi connectivity index (χ4v) is 9.50. The summed E-state index contributed by atoms with van der Waals surface area (Å²) in [6, 6.07) is 68.2. The molecule has 61 heavy (non-hydrogen) atoms. The van der Waals surface area contributed by atoms with Gasteiger partial charge in [-0.3, -0.25) is 19.9 Å². The molecule has 0 saturated carbocycles. The first-order chi connectivity index (χ1) is 30.2. The molecule has 5 heteroatoms. The van der Waals surface area contributed by atoms with Crippen LogP contribution in [-0.4, -0.2) is 19.9 Å². The topological polar surface area (TPSA) is 51.6 Å². The summed E-state index contributed by atoms with van der Waals surface area (Å²) < 4.78 is 2.56. The highest BCUT2D eigenvalue weighted by Gasteiger charge is 2.16. The fraction of sp³-hybridized carbons (Fsp3) is 0. The smallest absolute Gasteiger partial charge is 0.0717 e. The molecule has 4 nitrogen and oxygen atoms in total. The van der Waals surface area contributed by atoms with Crippen LogP contribution in [0.15, 0.2) is 219 Å². The molecule has 0 radical (unpaired) electrons. The number of aromatic nitrogens is 4. The van der Waals surface area contributed by atoms with E-state index < -0.39 is 0 Å². The largest absolute Gasteiger partial charge is 0.256 e. The third-order valence-electron chi connectivity index (χ3n) is 11.3. The molecule has 286 valence electrons. The van der Waals surface area contributed by atoms with Crippen molar-refractivity contribution in [3.63, 3.8) is 0 Å². The molecule has 0 amide bonds. The van der Waals surface area contributed by atoms with E-state index in [2.05, 4.69) is 158 Å². The predicted molar refractivity (Wildman–Crippen MR) is 254 cm³/mol. The number of benzene rings is 6. The normalized spacial score (nSPS) is 11.3. The summed E-state index contributed by atoms with van der Waals surface area (Å²) in [7, 11) is 0. The zero-order valence-electron chi connectivity index (χ0n) is 33.0. The Morgan fingerprint density at radius 3 is 1.02 bits per heavy atom. The van der Waals surface area contributed by atoms with E-state index in [0.717, 1.165) is 72.8 Å². The van der Waals surface area contributed by atoms with Crippen molar-refractivity contribution in [3.05, 3.63) is 219 Å². The summed E-state index contributed by atoms with van der Waals surface area (Å²) in [6.07, 6.45) is 7.76. The highest BCUT2D eigenvalue weighted by Crippen LogP contribution is 2.45. The number of hydrogen-bond acceptors (Lipinski definition) is 5. The van der Waals surface area contributed by atoms with Crippen molar-refractivity contribution in [2.24, 2.45) is 0 Å². The SMILES string of the molecule is c1ccc(-c2ccc(-c3ccc(-c4cc(-c5ccc(-c6ccc(-c7ccccc7)nc6)nc5)cc(-c5cccc6c5sc5c(-c7ccccc7)cccc56)c4)cn3)cn2)cc1. The minimum absolute atomic E-state index is 0.877. The Hall–Kier alpha value is -7.86. The van der Waals surface area contributed by atoms with Crippen LogP contribution in [0.25, 0.3) is 110 Å². The van der Waals surface area contributed by atoms with Crippen LogP contribution in [0.4, 0.5) is 0 Å². The van der Waals surface area contributed by atoms with Crippen molar-refractivity contribution in [1.29, 1.82) is 0 Å². The second-order valence-electron chi connectivity index (χ2n) is 15.1. The molecule has 0 aliphatic heterocycles. The van der Waals surface area contributed by atoms with Gasteiger partial charge in [-0.25, -0.2) is 0 Å². The van der Waals surface area contributed by atoms with E-state index in [0.29, 0.717) is 0 Å². The third-order valence-corrected chi connectivity index (χ3v) is 12.6. The number of nitrogens with zero attached hydrogens (tertiary/aromatic N) is 4. The monoisotopic (exact) mass is 796 g/mol. The molecule has 0 unspecified atom stereocenters. The third kappa shape index (κ3) is 7.07. The quantitative estimate of drug-likeness (QED) is 0.154. The average molecular weight is 797 g/mol. The lowest BCUT2D eigenvalue weighted by Gasteiger charge is -2.13. The van der Waals surface area contributed by atoms with Crippen molar-refractivity contribution in [1.82, 2.24) is 19.9 Å². The maximum Gasteiger partial charge on any atom is 0.0717 e. The zero-order valence-corrected chi connectivity index (χ0v) is 33.8. The van der Waals surface area contributed by atoms with E-state index in [-0.39, 0.29) is 0 Å². The maximum absolute atomic E-state index is 4.96. The van der Waals surface area contributed by atoms with Crippen LogP contribution < -0.4 is 0 Å². The van der Waals surface area contributed by atoms with Crippen LogP contribution in [0.2, 0.25) is 0 Å². The van der Waals surface area contributed by atoms with Gasteiger partial charge >= 0.3 is 0 Å². The molecule has 5 heterocycles. The van der Waals surface area contributed by atoms with Crippen LogP contribution in [0.1, 0.15) is 0 Å². The minimum atomic E-state index is 0.877. The van der Waals surface area contributed by atoms with Crippen molar-refractivity contribution in [2.45, 2.75) is 0 Å². The molecule has 0 atom stereocenters. The Labute approximate surface area is 358 Å². The van der Waals surface area contributed by atoms with Crippen LogP contribution >= 0.6 is 11.3 Å². The molecule has 0 aliphatic carbocycles. The highest BCUT2D eigenvalue weighted by molar-refractivity contribution is 7.26. The molecular weight excluding hydrogens is 761 g/mol. The van der Waals surface area contributed by atoms with E-state index in [1.807, 2.05) is 72.5 Å². The molecule has 0 saturated heterocycles. The number of pyridine rings is 4. The van der Waals surface area contributed by atoms with Gasteiger partial charge in [0.2, 0.25) is 0 Å². The lowest BCUT2D eigenvalue weighted by molar-refractivity contribution is 1.28. The standard InChI is InChI=1S/C56H36N4S/c1-4-12-37(13-5-1)47-18-10-20-49-50-21-11-19-48(56(50)61-55(47)49)46-31-44(40-22-26-53(57-33-40)42-24-28-51(59-35-42)38-14-6-2-7-15-38)30-45(32-46)41-23-27-54(58-34-41)43-25-29-52(60-36-43)39-16-8-3-9-17-39/h1-36H. The molecule has 6 aromatic carbocycles. The minimum Gasteiger partial charge on any atom is -0.256 e. The van der Waals surface area contributed by atoms with Crippen LogP contribution in [0, 0.1) is 0 Å². The first-order valence-electron chi connectivity index (χ1n) is 20.3. The van der Waals surface area contributed by atoms with E-state index in [1.165, 1.54) is 36.9 Å². The molecule has 0 aliphatic rings. The molecule has 5 aromatic heterocycles. The second kappa shape index (κ2) is 15.7. The Balaban J connectivity index is 0.991. The summed E-state index contributed by atoms with van der Waals surface area (Å²) in [5.41, 5.74) is 16.8. The van der Waals surface area contributed by atoms with E-state index in [4.69, 9.17) is 19.9 Å². The van der Waals surface area contributed by atoms with Crippen molar-refractivity contribution in [3.8, 4) is 89.5 Å². The first kappa shape index (κ1) is 36.2. The van der Waals surface area contributed by atoms with Gasteiger partial charge in [-0.15, -0.1) is 11.3 Å². The van der Waals surface area contributed by atoms with Gasteiger partial charge in [0, 0.05) is 78.3 Å². The Morgan fingerprint density at radius 2 is 0.607 bits per heavy atom. The highest BCUT2D eigenvalue weighted by atomic mass is 32.1. The zero-order chi connectivity index (χ0) is 40.5. The number of thiophene rings is 1. The molecule has 11 rings (SSSR count). The first-order valence-corrected chi connectivity index (χ1v) is 21.2. The van der Waals surface area contributed by atoms with Gasteiger partial charge in [0.15, 0.2) is 0 Å². The van der Waals surface area contributed by atoms with Gasteiger partial charge in [0.25, 0.3) is 0 Å². The van der Waals surface area contributed by atoms with E-state index >= 15 is 0 Å². The molecule has 11 aromatic rings. The summed E-state index contributed by atoms with van der Waals surface area (Å²) in [6.45, 7) is 0. The molecule has 0 fully saturated rings. The van der Waals surface area contributed by atoms with Crippen molar-refractivity contribution in [2.75, 3.05) is 0 Å². The van der Waals surface area contributed by atoms with Gasteiger partial charge < -0.3 is 0 Å². The lowest BCUT2D eigenvalue weighted by atomic mass is 9.93. The number of fused-ring (bicyclic) bond motifs is 3. The molecular formula is C56H36N4S. The van der Waals surface area contributed by atoms with Gasteiger partial charge in [-0.2, -0.15) is 0 Å². The Kier molecular flexibility index (Phi) is 9.34. The Morgan fingerprint density at radius 1 is 0.246 bits per heavy atom. The van der Waals surface area contributed by atoms with Crippen molar-refractivity contribution < 1.29 is 0 Å². The lowest BCUT2D eigenvalue weighted by Crippen LogP contribution is -1.91. The van der Waals surface area contributed by atoms with Gasteiger partial charge in [0.1, 0.15) is 0 Å². The molecule has 0 N–H and O–H groups in total. The van der Waals surface area contributed by atoms with E-state index in [1.54, 1.807) is 0 Å². The van der Waals surface area contributed by atoms with E-state index in [9.17, 15) is 0 Å². The van der Waals surface area contributed by atoms with Crippen LogP contribution in [0.3, 0.4) is 0 Å². The number of hydrogen-bond donors (Lipinski definition) is 0. The van der Waals surface area contributed by atoms with Gasteiger partial charge in [-0.05, 0) is 88.0 Å². The second-order valence-corrected chi connectivity index (χ2v) is 16.1. The number of rotatable bonds is 8. The maximum atomic E-state index is 4.96. The van der Waals surface area contributed by atoms with Crippen LogP contribution in [-0.2, 0) is 0 Å². The summed E-state index contributed by atoms with van der Waals surface area (Å²) >= 11 is 1.87. The summed E-state index contributed by atoms with van der Waals surface area (Å²) in [4.78, 5) is 19.4.